The zero-order chi connectivity index (χ0) is 21.3. The smallest absolute Gasteiger partial charge is 0.264 e. The molecule has 0 aliphatic heterocycles. The summed E-state index contributed by atoms with van der Waals surface area (Å²) in [4.78, 5) is 24.0. The van der Waals surface area contributed by atoms with E-state index < -0.39 is 5.91 Å². The number of hydrogen-bond acceptors (Lipinski definition) is 7. The molecular formula is C19H16Cl2N4O3S2. The Kier molecular flexibility index (Phi) is 8.32. The predicted octanol–water partition coefficient (Wildman–Crippen LogP) is 4.27. The molecule has 0 spiro atoms. The molecule has 7 nitrogen and oxygen atoms in total. The zero-order valence-electron chi connectivity index (χ0n) is 15.4. The summed E-state index contributed by atoms with van der Waals surface area (Å²) >= 11 is 14.2. The molecule has 3 rings (SSSR count). The Bertz CT molecular complexity index is 1020. The second-order valence-corrected chi connectivity index (χ2v) is 8.88. The van der Waals surface area contributed by atoms with Gasteiger partial charge in [-0.1, -0.05) is 76.6 Å². The van der Waals surface area contributed by atoms with Gasteiger partial charge >= 0.3 is 0 Å². The maximum atomic E-state index is 12.0. The lowest BCUT2D eigenvalue weighted by Gasteiger charge is -2.07. The SMILES string of the molecule is O=C(CSc1nnc(NC(=O)COc2ccc(Cl)cc2Cl)s1)NCc1ccccc1. The number of nitrogens with zero attached hydrogens (tertiary/aromatic N) is 2. The molecular weight excluding hydrogens is 467 g/mol. The molecule has 0 unspecified atom stereocenters. The Morgan fingerprint density at radius 3 is 2.63 bits per heavy atom. The Morgan fingerprint density at radius 2 is 1.87 bits per heavy atom. The first kappa shape index (κ1) is 22.4. The molecule has 11 heteroatoms. The van der Waals surface area contributed by atoms with Crippen LogP contribution in [0.1, 0.15) is 5.56 Å². The molecule has 1 heterocycles. The number of amides is 2. The van der Waals surface area contributed by atoms with Crippen molar-refractivity contribution in [3.8, 4) is 5.75 Å². The fourth-order valence-electron chi connectivity index (χ4n) is 2.18. The van der Waals surface area contributed by atoms with Gasteiger partial charge in [-0.05, 0) is 23.8 Å². The highest BCUT2D eigenvalue weighted by molar-refractivity contribution is 8.01. The number of carbonyl (C=O) groups excluding carboxylic acids is 2. The van der Waals surface area contributed by atoms with Crippen molar-refractivity contribution in [1.82, 2.24) is 15.5 Å². The standard InChI is InChI=1S/C19H16Cl2N4O3S2/c20-13-6-7-15(14(21)8-13)28-10-16(26)23-18-24-25-19(30-18)29-11-17(27)22-9-12-4-2-1-3-5-12/h1-8H,9-11H2,(H,22,27)(H,23,24,26). The molecule has 3 aromatic rings. The molecule has 156 valence electrons. The number of hydrogen-bond donors (Lipinski definition) is 2. The third-order valence-corrected chi connectivity index (χ3v) is 6.07. The summed E-state index contributed by atoms with van der Waals surface area (Å²) in [5, 5.41) is 14.4. The van der Waals surface area contributed by atoms with Crippen LogP contribution in [0.3, 0.4) is 0 Å². The van der Waals surface area contributed by atoms with Crippen molar-refractivity contribution in [1.29, 1.82) is 0 Å². The number of ether oxygens (including phenoxy) is 1. The van der Waals surface area contributed by atoms with Crippen LogP contribution < -0.4 is 15.4 Å². The van der Waals surface area contributed by atoms with Crippen LogP contribution in [0.4, 0.5) is 5.13 Å². The Labute approximate surface area is 191 Å². The summed E-state index contributed by atoms with van der Waals surface area (Å²) < 4.78 is 5.94. The van der Waals surface area contributed by atoms with Gasteiger partial charge in [0.15, 0.2) is 10.9 Å². The minimum Gasteiger partial charge on any atom is -0.482 e. The van der Waals surface area contributed by atoms with Crippen LogP contribution in [-0.4, -0.2) is 34.4 Å². The molecule has 1 aromatic heterocycles. The first-order valence-electron chi connectivity index (χ1n) is 8.64. The molecule has 0 saturated heterocycles. The molecule has 0 saturated carbocycles. The quantitative estimate of drug-likeness (QED) is 0.349. The normalized spacial score (nSPS) is 10.5. The van der Waals surface area contributed by atoms with Crippen molar-refractivity contribution < 1.29 is 14.3 Å². The fourth-order valence-corrected chi connectivity index (χ4v) is 4.25. The Balaban J connectivity index is 1.39. The molecule has 2 amide bonds. The second kappa shape index (κ2) is 11.2. The van der Waals surface area contributed by atoms with E-state index in [1.165, 1.54) is 29.2 Å². The van der Waals surface area contributed by atoms with Gasteiger partial charge in [-0.15, -0.1) is 10.2 Å². The number of benzene rings is 2. The Morgan fingerprint density at radius 1 is 1.07 bits per heavy atom. The lowest BCUT2D eigenvalue weighted by atomic mass is 10.2. The summed E-state index contributed by atoms with van der Waals surface area (Å²) in [7, 11) is 0. The molecule has 0 aliphatic rings. The van der Waals surface area contributed by atoms with E-state index in [-0.39, 0.29) is 18.3 Å². The van der Waals surface area contributed by atoms with Gasteiger partial charge < -0.3 is 10.1 Å². The topological polar surface area (TPSA) is 93.2 Å². The number of carbonyl (C=O) groups is 2. The molecule has 2 N–H and O–H groups in total. The molecule has 0 bridgehead atoms. The van der Waals surface area contributed by atoms with Crippen molar-refractivity contribution >= 4 is 63.2 Å². The van der Waals surface area contributed by atoms with Crippen LogP contribution in [0.15, 0.2) is 52.9 Å². The van der Waals surface area contributed by atoms with E-state index in [1.54, 1.807) is 12.1 Å². The van der Waals surface area contributed by atoms with Gasteiger partial charge in [-0.3, -0.25) is 14.9 Å². The monoisotopic (exact) mass is 482 g/mol. The van der Waals surface area contributed by atoms with E-state index in [4.69, 9.17) is 27.9 Å². The molecule has 0 atom stereocenters. The summed E-state index contributed by atoms with van der Waals surface area (Å²) in [6.45, 7) is 0.223. The van der Waals surface area contributed by atoms with Crippen LogP contribution in [0, 0.1) is 0 Å². The number of anilines is 1. The molecule has 0 radical (unpaired) electrons. The average molecular weight is 483 g/mol. The minimum atomic E-state index is -0.408. The summed E-state index contributed by atoms with van der Waals surface area (Å²) in [6, 6.07) is 14.4. The highest BCUT2D eigenvalue weighted by Crippen LogP contribution is 2.28. The molecule has 30 heavy (non-hydrogen) atoms. The van der Waals surface area contributed by atoms with Crippen molar-refractivity contribution in [2.24, 2.45) is 0 Å². The number of rotatable bonds is 9. The van der Waals surface area contributed by atoms with Crippen LogP contribution >= 0.6 is 46.3 Å². The van der Waals surface area contributed by atoms with E-state index in [0.717, 1.165) is 5.56 Å². The average Bonchev–Trinajstić information content (AvgIpc) is 3.18. The van der Waals surface area contributed by atoms with Crippen LogP contribution in [0.25, 0.3) is 0 Å². The van der Waals surface area contributed by atoms with Crippen molar-refractivity contribution in [2.75, 3.05) is 17.7 Å². The van der Waals surface area contributed by atoms with Crippen molar-refractivity contribution in [2.45, 2.75) is 10.9 Å². The van der Waals surface area contributed by atoms with Gasteiger partial charge in [0.1, 0.15) is 5.75 Å². The molecule has 2 aromatic carbocycles. The van der Waals surface area contributed by atoms with E-state index >= 15 is 0 Å². The van der Waals surface area contributed by atoms with Gasteiger partial charge in [-0.2, -0.15) is 0 Å². The van der Waals surface area contributed by atoms with Crippen molar-refractivity contribution in [3.63, 3.8) is 0 Å². The third kappa shape index (κ3) is 7.17. The maximum absolute atomic E-state index is 12.0. The van der Waals surface area contributed by atoms with Gasteiger partial charge in [-0.25, -0.2) is 0 Å². The van der Waals surface area contributed by atoms with Crippen LogP contribution in [-0.2, 0) is 16.1 Å². The summed E-state index contributed by atoms with van der Waals surface area (Å²) in [6.07, 6.45) is 0. The van der Waals surface area contributed by atoms with Gasteiger partial charge in [0.25, 0.3) is 5.91 Å². The molecule has 0 aliphatic carbocycles. The van der Waals surface area contributed by atoms with E-state index in [2.05, 4.69) is 20.8 Å². The summed E-state index contributed by atoms with van der Waals surface area (Å²) in [5.74, 6) is 0.0339. The number of aromatic nitrogens is 2. The third-order valence-electron chi connectivity index (χ3n) is 3.56. The maximum Gasteiger partial charge on any atom is 0.264 e. The number of halogens is 2. The van der Waals surface area contributed by atoms with E-state index in [1.807, 2.05) is 30.3 Å². The van der Waals surface area contributed by atoms with E-state index in [0.29, 0.717) is 31.8 Å². The lowest BCUT2D eigenvalue weighted by Crippen LogP contribution is -2.24. The highest BCUT2D eigenvalue weighted by Gasteiger charge is 2.12. The fraction of sp³-hybridized carbons (Fsp3) is 0.158. The number of nitrogens with one attached hydrogen (secondary N) is 2. The zero-order valence-corrected chi connectivity index (χ0v) is 18.6. The van der Waals surface area contributed by atoms with Gasteiger partial charge in [0, 0.05) is 11.6 Å². The Hall–Kier alpha value is -2.33. The number of thioether (sulfide) groups is 1. The van der Waals surface area contributed by atoms with Crippen molar-refractivity contribution in [3.05, 3.63) is 64.1 Å². The lowest BCUT2D eigenvalue weighted by molar-refractivity contribution is -0.119. The largest absolute Gasteiger partial charge is 0.482 e. The summed E-state index contributed by atoms with van der Waals surface area (Å²) in [5.41, 5.74) is 1.03. The second-order valence-electron chi connectivity index (χ2n) is 5.84. The molecule has 0 fully saturated rings. The predicted molar refractivity (Wildman–Crippen MR) is 120 cm³/mol. The van der Waals surface area contributed by atoms with E-state index in [9.17, 15) is 9.59 Å². The first-order valence-corrected chi connectivity index (χ1v) is 11.2. The van der Waals surface area contributed by atoms with Crippen LogP contribution in [0.2, 0.25) is 10.0 Å². The minimum absolute atomic E-state index is 0.113. The highest BCUT2D eigenvalue weighted by atomic mass is 35.5. The van der Waals surface area contributed by atoms with Gasteiger partial charge in [0.05, 0.1) is 10.8 Å². The first-order chi connectivity index (χ1) is 14.5. The van der Waals surface area contributed by atoms with Gasteiger partial charge in [0.2, 0.25) is 11.0 Å². The van der Waals surface area contributed by atoms with Crippen LogP contribution in [0.5, 0.6) is 5.75 Å².